The number of carbonyl (C=O) groups is 1. The molecule has 2 N–H and O–H groups in total. The zero-order valence-corrected chi connectivity index (χ0v) is 14.4. The molecule has 1 heterocycles. The minimum atomic E-state index is -0.292. The zero-order chi connectivity index (χ0) is 18.4. The lowest BCUT2D eigenvalue weighted by atomic mass is 10.1. The van der Waals surface area contributed by atoms with E-state index in [1.54, 1.807) is 36.5 Å². The Hall–Kier alpha value is -3.65. The molecule has 3 rings (SSSR count). The van der Waals surface area contributed by atoms with Gasteiger partial charge in [0, 0.05) is 12.2 Å². The molecule has 0 aliphatic carbocycles. The Morgan fingerprint density at radius 1 is 1.00 bits per heavy atom. The molecule has 5 heteroatoms. The van der Waals surface area contributed by atoms with Crippen molar-refractivity contribution in [1.29, 1.82) is 5.26 Å². The Bertz CT molecular complexity index is 924. The molecule has 0 aliphatic heterocycles. The zero-order valence-electron chi connectivity index (χ0n) is 14.4. The third kappa shape index (κ3) is 4.46. The molecule has 0 saturated carbocycles. The van der Waals surface area contributed by atoms with E-state index >= 15 is 0 Å². The number of hydrogen-bond donors (Lipinski definition) is 2. The highest BCUT2D eigenvalue weighted by Crippen LogP contribution is 2.13. The van der Waals surface area contributed by atoms with Crippen molar-refractivity contribution in [3.05, 3.63) is 89.2 Å². The summed E-state index contributed by atoms with van der Waals surface area (Å²) in [6.07, 6.45) is 1.64. The van der Waals surface area contributed by atoms with Crippen molar-refractivity contribution in [2.24, 2.45) is 0 Å². The molecule has 0 saturated heterocycles. The summed E-state index contributed by atoms with van der Waals surface area (Å²) in [7, 11) is 0. The molecular weight excluding hydrogens is 324 g/mol. The van der Waals surface area contributed by atoms with Crippen molar-refractivity contribution in [2.75, 3.05) is 10.6 Å². The number of rotatable bonds is 5. The topological polar surface area (TPSA) is 77.8 Å². The number of amides is 1. The van der Waals surface area contributed by atoms with Gasteiger partial charge in [0.25, 0.3) is 5.91 Å². The van der Waals surface area contributed by atoms with Gasteiger partial charge in [-0.05, 0) is 48.9 Å². The smallest absolute Gasteiger partial charge is 0.274 e. The van der Waals surface area contributed by atoms with Crippen molar-refractivity contribution in [1.82, 2.24) is 4.98 Å². The second-order valence-corrected chi connectivity index (χ2v) is 5.91. The highest BCUT2D eigenvalue weighted by molar-refractivity contribution is 6.02. The fourth-order valence-electron chi connectivity index (χ4n) is 2.37. The second-order valence-electron chi connectivity index (χ2n) is 5.91. The number of aromatic nitrogens is 1. The molecule has 0 fully saturated rings. The summed E-state index contributed by atoms with van der Waals surface area (Å²) >= 11 is 0. The van der Waals surface area contributed by atoms with Gasteiger partial charge in [-0.15, -0.1) is 0 Å². The molecule has 26 heavy (non-hydrogen) atoms. The summed E-state index contributed by atoms with van der Waals surface area (Å²) in [5.41, 5.74) is 4.75. The van der Waals surface area contributed by atoms with Crippen LogP contribution in [0.1, 0.15) is 27.2 Å². The van der Waals surface area contributed by atoms with Crippen molar-refractivity contribution < 1.29 is 4.79 Å². The number of nitriles is 1. The quantitative estimate of drug-likeness (QED) is 0.731. The maximum absolute atomic E-state index is 12.2. The van der Waals surface area contributed by atoms with Crippen molar-refractivity contribution in [3.8, 4) is 6.07 Å². The molecule has 128 valence electrons. The van der Waals surface area contributed by atoms with Crippen LogP contribution in [0.25, 0.3) is 0 Å². The fourth-order valence-corrected chi connectivity index (χ4v) is 2.37. The SMILES string of the molecule is Cc1ccc(CNc2ccc(C(=O)Nc3ccc(C#N)cc3)nc2)cc1. The highest BCUT2D eigenvalue weighted by atomic mass is 16.1. The molecule has 0 spiro atoms. The van der Waals surface area contributed by atoms with E-state index in [1.165, 1.54) is 11.1 Å². The number of pyridine rings is 1. The molecule has 3 aromatic rings. The van der Waals surface area contributed by atoms with E-state index in [4.69, 9.17) is 5.26 Å². The average molecular weight is 342 g/mol. The first-order valence-electron chi connectivity index (χ1n) is 8.21. The minimum absolute atomic E-state index is 0.292. The van der Waals surface area contributed by atoms with Gasteiger partial charge in [0.15, 0.2) is 0 Å². The number of hydrogen-bond acceptors (Lipinski definition) is 4. The van der Waals surface area contributed by atoms with Crippen LogP contribution in [-0.2, 0) is 6.54 Å². The van der Waals surface area contributed by atoms with E-state index in [0.717, 1.165) is 5.69 Å². The van der Waals surface area contributed by atoms with Crippen LogP contribution < -0.4 is 10.6 Å². The number of carbonyl (C=O) groups excluding carboxylic acids is 1. The Balaban J connectivity index is 1.58. The predicted molar refractivity (Wildman–Crippen MR) is 102 cm³/mol. The Morgan fingerprint density at radius 2 is 1.69 bits per heavy atom. The van der Waals surface area contributed by atoms with Crippen molar-refractivity contribution >= 4 is 17.3 Å². The van der Waals surface area contributed by atoms with E-state index in [0.29, 0.717) is 23.5 Å². The first kappa shape index (κ1) is 17.2. The number of anilines is 2. The monoisotopic (exact) mass is 342 g/mol. The number of nitrogens with one attached hydrogen (secondary N) is 2. The molecular formula is C21H18N4O. The molecule has 1 amide bonds. The lowest BCUT2D eigenvalue weighted by Crippen LogP contribution is -2.13. The van der Waals surface area contributed by atoms with Crippen LogP contribution in [0.15, 0.2) is 66.9 Å². The first-order valence-corrected chi connectivity index (χ1v) is 8.21. The summed E-state index contributed by atoms with van der Waals surface area (Å²) in [5, 5.41) is 14.8. The highest BCUT2D eigenvalue weighted by Gasteiger charge is 2.07. The third-order valence-corrected chi connectivity index (χ3v) is 3.89. The summed E-state index contributed by atoms with van der Waals surface area (Å²) in [5.74, 6) is -0.292. The predicted octanol–water partition coefficient (Wildman–Crippen LogP) is 4.13. The molecule has 0 radical (unpaired) electrons. The Labute approximate surface area is 152 Å². The van der Waals surface area contributed by atoms with Gasteiger partial charge in [-0.2, -0.15) is 5.26 Å². The molecule has 1 aromatic heterocycles. The van der Waals surface area contributed by atoms with Crippen LogP contribution in [0.4, 0.5) is 11.4 Å². The van der Waals surface area contributed by atoms with Crippen LogP contribution >= 0.6 is 0 Å². The first-order chi connectivity index (χ1) is 12.6. The summed E-state index contributed by atoms with van der Waals surface area (Å²) in [6, 6.07) is 20.5. The molecule has 0 bridgehead atoms. The summed E-state index contributed by atoms with van der Waals surface area (Å²) < 4.78 is 0. The van der Waals surface area contributed by atoms with Crippen molar-refractivity contribution in [3.63, 3.8) is 0 Å². The van der Waals surface area contributed by atoms with Gasteiger partial charge in [0.1, 0.15) is 5.69 Å². The van der Waals surface area contributed by atoms with Crippen LogP contribution in [0, 0.1) is 18.3 Å². The number of benzene rings is 2. The van der Waals surface area contributed by atoms with E-state index in [-0.39, 0.29) is 5.91 Å². The van der Waals surface area contributed by atoms with Gasteiger partial charge in [0.05, 0.1) is 23.5 Å². The van der Waals surface area contributed by atoms with Gasteiger partial charge in [-0.3, -0.25) is 4.79 Å². The van der Waals surface area contributed by atoms with Crippen LogP contribution in [-0.4, -0.2) is 10.9 Å². The van der Waals surface area contributed by atoms with Gasteiger partial charge in [0.2, 0.25) is 0 Å². The standard InChI is InChI=1S/C21H18N4O/c1-15-2-4-17(5-3-15)13-23-19-10-11-20(24-14-19)21(26)25-18-8-6-16(12-22)7-9-18/h2-11,14,23H,13H2,1H3,(H,25,26). The normalized spacial score (nSPS) is 10.0. The Kier molecular flexibility index (Phi) is 5.25. The maximum Gasteiger partial charge on any atom is 0.274 e. The van der Waals surface area contributed by atoms with E-state index < -0.39 is 0 Å². The van der Waals surface area contributed by atoms with Gasteiger partial charge in [-0.1, -0.05) is 29.8 Å². The summed E-state index contributed by atoms with van der Waals surface area (Å²) in [4.78, 5) is 16.4. The van der Waals surface area contributed by atoms with Crippen LogP contribution in [0.3, 0.4) is 0 Å². The van der Waals surface area contributed by atoms with Gasteiger partial charge in [-0.25, -0.2) is 4.98 Å². The van der Waals surface area contributed by atoms with Crippen LogP contribution in [0.5, 0.6) is 0 Å². The minimum Gasteiger partial charge on any atom is -0.380 e. The fraction of sp³-hybridized carbons (Fsp3) is 0.0952. The number of aryl methyl sites for hydroxylation is 1. The van der Waals surface area contributed by atoms with Crippen LogP contribution in [0.2, 0.25) is 0 Å². The second kappa shape index (κ2) is 7.95. The lowest BCUT2D eigenvalue weighted by molar-refractivity contribution is 0.102. The molecule has 0 atom stereocenters. The average Bonchev–Trinajstić information content (AvgIpc) is 2.68. The maximum atomic E-state index is 12.2. The van der Waals surface area contributed by atoms with Gasteiger partial charge >= 0.3 is 0 Å². The molecule has 0 unspecified atom stereocenters. The molecule has 5 nitrogen and oxygen atoms in total. The largest absolute Gasteiger partial charge is 0.380 e. The van der Waals surface area contributed by atoms with Gasteiger partial charge < -0.3 is 10.6 Å². The number of nitrogens with zero attached hydrogens (tertiary/aromatic N) is 2. The third-order valence-electron chi connectivity index (χ3n) is 3.89. The van der Waals surface area contributed by atoms with E-state index in [2.05, 4.69) is 46.8 Å². The molecule has 2 aromatic carbocycles. The summed E-state index contributed by atoms with van der Waals surface area (Å²) in [6.45, 7) is 2.75. The molecule has 0 aliphatic rings. The van der Waals surface area contributed by atoms with Crippen molar-refractivity contribution in [2.45, 2.75) is 13.5 Å². The lowest BCUT2D eigenvalue weighted by Gasteiger charge is -2.08. The Morgan fingerprint density at radius 3 is 2.31 bits per heavy atom. The van der Waals surface area contributed by atoms with E-state index in [9.17, 15) is 4.79 Å². The van der Waals surface area contributed by atoms with E-state index in [1.807, 2.05) is 12.1 Å².